The van der Waals surface area contributed by atoms with Crippen molar-refractivity contribution < 1.29 is 4.74 Å². The second kappa shape index (κ2) is 8.29. The lowest BCUT2D eigenvalue weighted by atomic mass is 10.3. The van der Waals surface area contributed by atoms with E-state index in [0.717, 1.165) is 49.1 Å². The molecular weight excluding hydrogens is 250 g/mol. The normalized spacial score (nSPS) is 10.8. The van der Waals surface area contributed by atoms with Crippen molar-refractivity contribution >= 4 is 11.6 Å². The highest BCUT2D eigenvalue weighted by Gasteiger charge is 2.11. The quantitative estimate of drug-likeness (QED) is 0.554. The van der Waals surface area contributed by atoms with Crippen LogP contribution in [0.3, 0.4) is 0 Å². The van der Waals surface area contributed by atoms with Crippen LogP contribution in [0.2, 0.25) is 5.02 Å². The lowest BCUT2D eigenvalue weighted by Gasteiger charge is -2.07. The van der Waals surface area contributed by atoms with Crippen LogP contribution >= 0.6 is 11.6 Å². The van der Waals surface area contributed by atoms with Gasteiger partial charge in [-0.25, -0.2) is 0 Å². The number of hydrogen-bond donors (Lipinski definition) is 1. The molecule has 0 amide bonds. The van der Waals surface area contributed by atoms with E-state index in [2.05, 4.69) is 23.9 Å². The fraction of sp³-hybridized carbons (Fsp3) is 0.615. The molecule has 0 unspecified atom stereocenters. The second-order valence-electron chi connectivity index (χ2n) is 4.03. The van der Waals surface area contributed by atoms with E-state index >= 15 is 0 Å². The van der Waals surface area contributed by atoms with Gasteiger partial charge in [-0.2, -0.15) is 5.10 Å². The predicted molar refractivity (Wildman–Crippen MR) is 75.0 cm³/mol. The molecule has 0 bridgehead atoms. The fourth-order valence-electron chi connectivity index (χ4n) is 1.66. The lowest BCUT2D eigenvalue weighted by Crippen LogP contribution is -2.21. The van der Waals surface area contributed by atoms with E-state index in [9.17, 15) is 0 Å². The second-order valence-corrected chi connectivity index (χ2v) is 4.41. The minimum absolute atomic E-state index is 0.699. The molecule has 0 saturated heterocycles. The van der Waals surface area contributed by atoms with Crippen LogP contribution in [0.5, 0.6) is 0 Å². The van der Waals surface area contributed by atoms with Crippen LogP contribution in [0.4, 0.5) is 0 Å². The summed E-state index contributed by atoms with van der Waals surface area (Å²) in [4.78, 5) is 0. The molecule has 0 aliphatic rings. The minimum atomic E-state index is 0.699. The first-order chi connectivity index (χ1) is 8.70. The summed E-state index contributed by atoms with van der Waals surface area (Å²) in [7, 11) is 0. The number of aryl methyl sites for hydroxylation is 2. The van der Waals surface area contributed by atoms with E-state index in [4.69, 9.17) is 16.3 Å². The van der Waals surface area contributed by atoms with Crippen LogP contribution < -0.4 is 5.32 Å². The highest BCUT2D eigenvalue weighted by atomic mass is 35.5. The smallest absolute Gasteiger partial charge is 0.0860 e. The maximum atomic E-state index is 6.21. The number of halogens is 1. The van der Waals surface area contributed by atoms with Gasteiger partial charge in [-0.1, -0.05) is 17.7 Å². The largest absolute Gasteiger partial charge is 0.380 e. The monoisotopic (exact) mass is 271 g/mol. The molecule has 1 aromatic heterocycles. The van der Waals surface area contributed by atoms with E-state index in [0.29, 0.717) is 6.61 Å². The van der Waals surface area contributed by atoms with Crippen molar-refractivity contribution in [1.29, 1.82) is 0 Å². The third-order valence-corrected chi connectivity index (χ3v) is 3.13. The Labute approximate surface area is 114 Å². The van der Waals surface area contributed by atoms with Crippen LogP contribution in [0.25, 0.3) is 0 Å². The van der Waals surface area contributed by atoms with Crippen LogP contribution in [0, 0.1) is 6.92 Å². The molecule has 1 rings (SSSR count). The SMILES string of the molecule is C=CCCOCCNCc1c(Cl)c(C)nn1CC. The molecule has 5 heteroatoms. The molecule has 0 fully saturated rings. The van der Waals surface area contributed by atoms with Gasteiger partial charge in [-0.05, 0) is 20.3 Å². The van der Waals surface area contributed by atoms with Crippen molar-refractivity contribution in [2.75, 3.05) is 19.8 Å². The van der Waals surface area contributed by atoms with E-state index < -0.39 is 0 Å². The Kier molecular flexibility index (Phi) is 7.01. The number of hydrogen-bond acceptors (Lipinski definition) is 3. The lowest BCUT2D eigenvalue weighted by molar-refractivity contribution is 0.140. The van der Waals surface area contributed by atoms with E-state index in [-0.39, 0.29) is 0 Å². The van der Waals surface area contributed by atoms with Gasteiger partial charge in [0, 0.05) is 19.6 Å². The highest BCUT2D eigenvalue weighted by Crippen LogP contribution is 2.19. The van der Waals surface area contributed by atoms with Crippen molar-refractivity contribution in [3.05, 3.63) is 29.1 Å². The minimum Gasteiger partial charge on any atom is -0.380 e. The number of ether oxygens (including phenoxy) is 1. The summed E-state index contributed by atoms with van der Waals surface area (Å²) >= 11 is 6.21. The van der Waals surface area contributed by atoms with Crippen LogP contribution in [0.15, 0.2) is 12.7 Å². The van der Waals surface area contributed by atoms with Gasteiger partial charge in [-0.3, -0.25) is 4.68 Å². The van der Waals surface area contributed by atoms with Crippen molar-refractivity contribution in [2.45, 2.75) is 33.4 Å². The molecule has 0 atom stereocenters. The number of nitrogens with zero attached hydrogens (tertiary/aromatic N) is 2. The van der Waals surface area contributed by atoms with Gasteiger partial charge in [0.25, 0.3) is 0 Å². The summed E-state index contributed by atoms with van der Waals surface area (Å²) in [5.74, 6) is 0. The molecule has 0 spiro atoms. The van der Waals surface area contributed by atoms with Gasteiger partial charge in [-0.15, -0.1) is 6.58 Å². The zero-order valence-corrected chi connectivity index (χ0v) is 12.0. The summed E-state index contributed by atoms with van der Waals surface area (Å²) in [6.45, 7) is 11.4. The standard InChI is InChI=1S/C13H22ClN3O/c1-4-6-8-18-9-7-15-10-12-13(14)11(3)16-17(12)5-2/h4,15H,1,5-10H2,2-3H3. The molecule has 4 nitrogen and oxygen atoms in total. The van der Waals surface area contributed by atoms with Gasteiger partial charge in [0.1, 0.15) is 0 Å². The molecule has 102 valence electrons. The Morgan fingerprint density at radius 2 is 2.28 bits per heavy atom. The Morgan fingerprint density at radius 3 is 2.94 bits per heavy atom. The molecule has 0 aliphatic carbocycles. The van der Waals surface area contributed by atoms with Crippen LogP contribution in [-0.4, -0.2) is 29.5 Å². The van der Waals surface area contributed by atoms with Gasteiger partial charge in [0.2, 0.25) is 0 Å². The molecule has 0 aromatic carbocycles. The Bertz CT molecular complexity index is 377. The molecule has 0 aliphatic heterocycles. The number of nitrogens with one attached hydrogen (secondary N) is 1. The molecule has 1 aromatic rings. The van der Waals surface area contributed by atoms with Crippen molar-refractivity contribution in [3.63, 3.8) is 0 Å². The maximum absolute atomic E-state index is 6.21. The first-order valence-electron chi connectivity index (χ1n) is 6.31. The maximum Gasteiger partial charge on any atom is 0.0860 e. The zero-order valence-electron chi connectivity index (χ0n) is 11.2. The van der Waals surface area contributed by atoms with Crippen molar-refractivity contribution in [3.8, 4) is 0 Å². The van der Waals surface area contributed by atoms with Crippen molar-refractivity contribution in [1.82, 2.24) is 15.1 Å². The molecule has 1 N–H and O–H groups in total. The summed E-state index contributed by atoms with van der Waals surface area (Å²) in [6, 6.07) is 0. The van der Waals surface area contributed by atoms with Crippen LogP contribution in [-0.2, 0) is 17.8 Å². The third kappa shape index (κ3) is 4.44. The fourth-order valence-corrected chi connectivity index (χ4v) is 1.86. The van der Waals surface area contributed by atoms with Gasteiger partial charge >= 0.3 is 0 Å². The first-order valence-corrected chi connectivity index (χ1v) is 6.69. The van der Waals surface area contributed by atoms with E-state index in [1.165, 1.54) is 0 Å². The third-order valence-electron chi connectivity index (χ3n) is 2.63. The Morgan fingerprint density at radius 1 is 1.50 bits per heavy atom. The summed E-state index contributed by atoms with van der Waals surface area (Å²) in [5, 5.41) is 8.44. The number of rotatable bonds is 9. The Hall–Kier alpha value is -0.840. The molecule has 0 saturated carbocycles. The predicted octanol–water partition coefficient (Wildman–Crippen LogP) is 2.55. The highest BCUT2D eigenvalue weighted by molar-refractivity contribution is 6.31. The summed E-state index contributed by atoms with van der Waals surface area (Å²) in [6.07, 6.45) is 2.75. The number of aromatic nitrogens is 2. The Balaban J connectivity index is 2.28. The van der Waals surface area contributed by atoms with Gasteiger partial charge < -0.3 is 10.1 Å². The van der Waals surface area contributed by atoms with E-state index in [1.54, 1.807) is 0 Å². The van der Waals surface area contributed by atoms with E-state index in [1.807, 2.05) is 17.7 Å². The van der Waals surface area contributed by atoms with Crippen LogP contribution in [0.1, 0.15) is 24.7 Å². The van der Waals surface area contributed by atoms with Gasteiger partial charge in [0.15, 0.2) is 0 Å². The summed E-state index contributed by atoms with van der Waals surface area (Å²) < 4.78 is 7.35. The van der Waals surface area contributed by atoms with Gasteiger partial charge in [0.05, 0.1) is 29.6 Å². The topological polar surface area (TPSA) is 39.1 Å². The molecule has 18 heavy (non-hydrogen) atoms. The summed E-state index contributed by atoms with van der Waals surface area (Å²) in [5.41, 5.74) is 1.93. The zero-order chi connectivity index (χ0) is 13.4. The molecule has 1 heterocycles. The van der Waals surface area contributed by atoms with Crippen molar-refractivity contribution in [2.24, 2.45) is 0 Å². The average Bonchev–Trinajstić information content (AvgIpc) is 2.65. The molecule has 0 radical (unpaired) electrons. The first kappa shape index (κ1) is 15.2. The average molecular weight is 272 g/mol. The molecular formula is C13H22ClN3O.